The first-order chi connectivity index (χ1) is 8.82. The van der Waals surface area contributed by atoms with Crippen molar-refractivity contribution in [3.8, 4) is 0 Å². The van der Waals surface area contributed by atoms with Crippen LogP contribution in [0.1, 0.15) is 40.5 Å². The fourth-order valence-electron chi connectivity index (χ4n) is 2.36. The summed E-state index contributed by atoms with van der Waals surface area (Å²) in [7, 11) is 0. The lowest BCUT2D eigenvalue weighted by atomic mass is 9.83. The number of carbonyl (C=O) groups excluding carboxylic acids is 2. The molecule has 0 spiro atoms. The lowest BCUT2D eigenvalue weighted by Crippen LogP contribution is -2.66. The van der Waals surface area contributed by atoms with Gasteiger partial charge in [0.05, 0.1) is 0 Å². The fourth-order valence-corrected chi connectivity index (χ4v) is 2.74. The molecule has 0 aromatic carbocycles. The van der Waals surface area contributed by atoms with E-state index in [1.165, 1.54) is 0 Å². The first-order valence-corrected chi connectivity index (χ1v) is 8.32. The highest BCUT2D eigenvalue weighted by Gasteiger charge is 2.44. The van der Waals surface area contributed by atoms with Crippen LogP contribution in [0.25, 0.3) is 0 Å². The molecule has 2 amide bonds. The number of piperazine rings is 1. The minimum Gasteiger partial charge on any atom is -0.342 e. The van der Waals surface area contributed by atoms with Gasteiger partial charge in [-0.15, -0.1) is 0 Å². The van der Waals surface area contributed by atoms with Crippen LogP contribution in [0.15, 0.2) is 0 Å². The van der Waals surface area contributed by atoms with Crippen molar-refractivity contribution in [3.05, 3.63) is 0 Å². The summed E-state index contributed by atoms with van der Waals surface area (Å²) in [5, 5.41) is 2.91. The maximum Gasteiger partial charge on any atom is 0.246 e. The van der Waals surface area contributed by atoms with Crippen molar-refractivity contribution in [2.75, 3.05) is 18.6 Å². The molecule has 0 saturated carbocycles. The van der Waals surface area contributed by atoms with E-state index in [4.69, 9.17) is 0 Å². The summed E-state index contributed by atoms with van der Waals surface area (Å²) in [5.41, 5.74) is -0.248. The Balaban J connectivity index is 2.94. The standard InChI is InChI=1S/C14H26N2O2S/c1-6-7-10-12(17)15-11(14(2,3)4)13(18)16(10)8-9-19-5/h10-11H,6-9H2,1-5H3,(H,15,17). The zero-order valence-corrected chi connectivity index (χ0v) is 13.5. The number of nitrogens with one attached hydrogen (secondary N) is 1. The summed E-state index contributed by atoms with van der Waals surface area (Å²) in [5.74, 6) is 0.942. The number of amides is 2. The highest BCUT2D eigenvalue weighted by atomic mass is 32.2. The Bertz CT molecular complexity index is 339. The van der Waals surface area contributed by atoms with Crippen LogP contribution in [0.2, 0.25) is 0 Å². The summed E-state index contributed by atoms with van der Waals surface area (Å²) in [6.45, 7) is 8.67. The van der Waals surface area contributed by atoms with Crippen molar-refractivity contribution in [1.29, 1.82) is 0 Å². The third kappa shape index (κ3) is 3.88. The first kappa shape index (κ1) is 16.3. The number of hydrogen-bond donors (Lipinski definition) is 1. The third-order valence-electron chi connectivity index (χ3n) is 3.46. The molecule has 4 nitrogen and oxygen atoms in total. The Kier molecular flexibility index (Phi) is 5.71. The summed E-state index contributed by atoms with van der Waals surface area (Å²) in [4.78, 5) is 26.6. The van der Waals surface area contributed by atoms with Crippen LogP contribution in [-0.2, 0) is 9.59 Å². The molecule has 1 fully saturated rings. The molecule has 1 N–H and O–H groups in total. The zero-order chi connectivity index (χ0) is 14.6. The van der Waals surface area contributed by atoms with E-state index in [1.54, 1.807) is 16.7 Å². The van der Waals surface area contributed by atoms with E-state index in [-0.39, 0.29) is 23.3 Å². The monoisotopic (exact) mass is 286 g/mol. The van der Waals surface area contributed by atoms with Gasteiger partial charge in [0.25, 0.3) is 0 Å². The van der Waals surface area contributed by atoms with Crippen molar-refractivity contribution in [2.45, 2.75) is 52.6 Å². The largest absolute Gasteiger partial charge is 0.342 e. The molecule has 1 rings (SSSR count). The predicted octanol–water partition coefficient (Wildman–Crippen LogP) is 1.89. The van der Waals surface area contributed by atoms with Crippen molar-refractivity contribution >= 4 is 23.6 Å². The van der Waals surface area contributed by atoms with Gasteiger partial charge in [-0.3, -0.25) is 9.59 Å². The SMILES string of the molecule is CCCC1C(=O)NC(C(C)(C)C)C(=O)N1CCSC. The van der Waals surface area contributed by atoms with E-state index in [0.29, 0.717) is 6.54 Å². The molecule has 0 aromatic rings. The van der Waals surface area contributed by atoms with Crippen LogP contribution in [0.4, 0.5) is 0 Å². The number of carbonyl (C=O) groups is 2. The quantitative estimate of drug-likeness (QED) is 0.839. The average molecular weight is 286 g/mol. The second-order valence-corrected chi connectivity index (χ2v) is 7.12. The molecule has 5 heteroatoms. The Hall–Kier alpha value is -0.710. The Morgan fingerprint density at radius 2 is 1.95 bits per heavy atom. The topological polar surface area (TPSA) is 49.4 Å². The van der Waals surface area contributed by atoms with Gasteiger partial charge in [-0.25, -0.2) is 0 Å². The number of thioether (sulfide) groups is 1. The van der Waals surface area contributed by atoms with Gasteiger partial charge >= 0.3 is 0 Å². The minimum absolute atomic E-state index is 0.00229. The molecule has 0 aromatic heterocycles. The van der Waals surface area contributed by atoms with Gasteiger partial charge in [0.15, 0.2) is 0 Å². The van der Waals surface area contributed by atoms with Crippen molar-refractivity contribution in [3.63, 3.8) is 0 Å². The molecule has 2 atom stereocenters. The van der Waals surface area contributed by atoms with Gasteiger partial charge < -0.3 is 10.2 Å². The van der Waals surface area contributed by atoms with Crippen LogP contribution in [-0.4, -0.2) is 47.4 Å². The van der Waals surface area contributed by atoms with E-state index in [0.717, 1.165) is 18.6 Å². The fraction of sp³-hybridized carbons (Fsp3) is 0.857. The van der Waals surface area contributed by atoms with Crippen molar-refractivity contribution < 1.29 is 9.59 Å². The Labute approximate surface area is 120 Å². The van der Waals surface area contributed by atoms with Crippen molar-refractivity contribution in [2.24, 2.45) is 5.41 Å². The summed E-state index contributed by atoms with van der Waals surface area (Å²) in [6, 6.07) is -0.696. The summed E-state index contributed by atoms with van der Waals surface area (Å²) < 4.78 is 0. The van der Waals surface area contributed by atoms with E-state index < -0.39 is 6.04 Å². The van der Waals surface area contributed by atoms with Crippen LogP contribution in [0, 0.1) is 5.41 Å². The minimum atomic E-state index is -0.407. The lowest BCUT2D eigenvalue weighted by molar-refractivity contribution is -0.152. The average Bonchev–Trinajstić information content (AvgIpc) is 2.31. The van der Waals surface area contributed by atoms with E-state index >= 15 is 0 Å². The third-order valence-corrected chi connectivity index (χ3v) is 4.05. The van der Waals surface area contributed by atoms with Crippen LogP contribution in [0.3, 0.4) is 0 Å². The molecular formula is C14H26N2O2S. The molecule has 1 aliphatic heterocycles. The van der Waals surface area contributed by atoms with E-state index in [1.807, 2.05) is 34.0 Å². The normalized spacial score (nSPS) is 24.6. The number of hydrogen-bond acceptors (Lipinski definition) is 3. The van der Waals surface area contributed by atoms with Gasteiger partial charge in [0.2, 0.25) is 11.8 Å². The summed E-state index contributed by atoms with van der Waals surface area (Å²) >= 11 is 1.70. The van der Waals surface area contributed by atoms with Gasteiger partial charge in [-0.1, -0.05) is 34.1 Å². The predicted molar refractivity (Wildman–Crippen MR) is 80.2 cm³/mol. The molecule has 1 heterocycles. The molecule has 0 bridgehead atoms. The first-order valence-electron chi connectivity index (χ1n) is 6.92. The van der Waals surface area contributed by atoms with Crippen molar-refractivity contribution in [1.82, 2.24) is 10.2 Å². The van der Waals surface area contributed by atoms with Crippen LogP contribution in [0.5, 0.6) is 0 Å². The molecule has 0 aliphatic carbocycles. The molecule has 1 saturated heterocycles. The van der Waals surface area contributed by atoms with Gasteiger partial charge in [0, 0.05) is 12.3 Å². The lowest BCUT2D eigenvalue weighted by Gasteiger charge is -2.43. The second-order valence-electron chi connectivity index (χ2n) is 6.14. The smallest absolute Gasteiger partial charge is 0.246 e. The van der Waals surface area contributed by atoms with Crippen LogP contribution >= 0.6 is 11.8 Å². The maximum atomic E-state index is 12.6. The Morgan fingerprint density at radius 1 is 1.32 bits per heavy atom. The molecular weight excluding hydrogens is 260 g/mol. The molecule has 110 valence electrons. The number of rotatable bonds is 5. The second kappa shape index (κ2) is 6.64. The molecule has 19 heavy (non-hydrogen) atoms. The van der Waals surface area contributed by atoms with Gasteiger partial charge in [0.1, 0.15) is 12.1 Å². The number of nitrogens with zero attached hydrogens (tertiary/aromatic N) is 1. The van der Waals surface area contributed by atoms with E-state index in [9.17, 15) is 9.59 Å². The molecule has 1 aliphatic rings. The maximum absolute atomic E-state index is 12.6. The van der Waals surface area contributed by atoms with E-state index in [2.05, 4.69) is 5.32 Å². The molecule has 2 unspecified atom stereocenters. The Morgan fingerprint density at radius 3 is 2.42 bits per heavy atom. The molecule has 0 radical (unpaired) electrons. The summed E-state index contributed by atoms with van der Waals surface area (Å²) in [6.07, 6.45) is 3.66. The zero-order valence-electron chi connectivity index (χ0n) is 12.7. The highest BCUT2D eigenvalue weighted by Crippen LogP contribution is 2.26. The highest BCUT2D eigenvalue weighted by molar-refractivity contribution is 7.98. The van der Waals surface area contributed by atoms with Crippen LogP contribution < -0.4 is 5.32 Å². The van der Waals surface area contributed by atoms with Gasteiger partial charge in [-0.05, 0) is 18.1 Å². The van der Waals surface area contributed by atoms with Gasteiger partial charge in [-0.2, -0.15) is 11.8 Å².